The van der Waals surface area contributed by atoms with Gasteiger partial charge in [-0.2, -0.15) is 0 Å². The van der Waals surface area contributed by atoms with Gasteiger partial charge in [-0.05, 0) is 85.5 Å². The summed E-state index contributed by atoms with van der Waals surface area (Å²) >= 11 is 0. The number of nitrogens with zero attached hydrogens (tertiary/aromatic N) is 2. The first-order valence-corrected chi connectivity index (χ1v) is 15.7. The maximum absolute atomic E-state index is 5.10. The van der Waals surface area contributed by atoms with Crippen molar-refractivity contribution in [3.63, 3.8) is 0 Å². The van der Waals surface area contributed by atoms with Gasteiger partial charge in [-0.1, -0.05) is 128 Å². The van der Waals surface area contributed by atoms with Crippen LogP contribution >= 0.6 is 0 Å². The lowest BCUT2D eigenvalue weighted by molar-refractivity contribution is 0.775. The van der Waals surface area contributed by atoms with Crippen molar-refractivity contribution >= 4 is 49.4 Å². The van der Waals surface area contributed by atoms with E-state index in [0.29, 0.717) is 5.92 Å². The molecule has 2 aromatic heterocycles. The minimum absolute atomic E-state index is 0.416. The van der Waals surface area contributed by atoms with E-state index in [4.69, 9.17) is 4.98 Å². The molecule has 0 N–H and O–H groups in total. The lowest BCUT2D eigenvalue weighted by Gasteiger charge is -2.27. The van der Waals surface area contributed by atoms with Crippen LogP contribution in [0.1, 0.15) is 30.4 Å². The van der Waals surface area contributed by atoms with Gasteiger partial charge in [-0.3, -0.25) is 4.98 Å². The van der Waals surface area contributed by atoms with E-state index < -0.39 is 0 Å². The topological polar surface area (TPSA) is 25.8 Å². The smallest absolute Gasteiger partial charge is 0.0972 e. The molecule has 0 saturated heterocycles. The van der Waals surface area contributed by atoms with Crippen LogP contribution in [-0.2, 0) is 0 Å². The van der Waals surface area contributed by atoms with Crippen molar-refractivity contribution in [2.45, 2.75) is 19.3 Å². The summed E-state index contributed by atoms with van der Waals surface area (Å²) in [6.07, 6.45) is 7.59. The number of fused-ring (bicyclic) bond motifs is 6. The van der Waals surface area contributed by atoms with Crippen LogP contribution in [0.2, 0.25) is 0 Å². The highest BCUT2D eigenvalue weighted by Crippen LogP contribution is 2.48. The van der Waals surface area contributed by atoms with E-state index >= 15 is 0 Å². The van der Waals surface area contributed by atoms with Gasteiger partial charge in [0.25, 0.3) is 0 Å². The summed E-state index contributed by atoms with van der Waals surface area (Å²) in [6, 6.07) is 46.1. The number of allylic oxidation sites excluding steroid dienone is 1. The Morgan fingerprint density at radius 1 is 0.556 bits per heavy atom. The molecule has 0 radical (unpaired) electrons. The van der Waals surface area contributed by atoms with E-state index in [1.165, 1.54) is 54.9 Å². The van der Waals surface area contributed by atoms with Gasteiger partial charge in [-0.25, -0.2) is 4.98 Å². The zero-order valence-corrected chi connectivity index (χ0v) is 25.0. The Hall–Kier alpha value is -5.60. The van der Waals surface area contributed by atoms with Crippen molar-refractivity contribution in [3.8, 4) is 33.5 Å². The Bertz CT molecular complexity index is 2470. The monoisotopic (exact) mass is 574 g/mol. The summed E-state index contributed by atoms with van der Waals surface area (Å²) in [5.74, 6) is 0.416. The summed E-state index contributed by atoms with van der Waals surface area (Å²) in [6.45, 7) is 2.37. The lowest BCUT2D eigenvalue weighted by Crippen LogP contribution is -2.06. The molecule has 6 aromatic carbocycles. The first kappa shape index (κ1) is 25.9. The zero-order chi connectivity index (χ0) is 29.9. The molecule has 0 saturated carbocycles. The largest absolute Gasteiger partial charge is 0.254 e. The summed E-state index contributed by atoms with van der Waals surface area (Å²) < 4.78 is 0. The van der Waals surface area contributed by atoms with Gasteiger partial charge < -0.3 is 0 Å². The molecular weight excluding hydrogens is 544 g/mol. The molecule has 212 valence electrons. The van der Waals surface area contributed by atoms with E-state index in [9.17, 15) is 0 Å². The molecule has 0 amide bonds. The number of pyridine rings is 2. The van der Waals surface area contributed by atoms with E-state index in [1.54, 1.807) is 0 Å². The number of aromatic nitrogens is 2. The number of benzene rings is 6. The van der Waals surface area contributed by atoms with E-state index in [-0.39, 0.29) is 0 Å². The number of hydrogen-bond donors (Lipinski definition) is 0. The Morgan fingerprint density at radius 2 is 1.20 bits per heavy atom. The van der Waals surface area contributed by atoms with Gasteiger partial charge >= 0.3 is 0 Å². The summed E-state index contributed by atoms with van der Waals surface area (Å²) in [5.41, 5.74) is 11.9. The van der Waals surface area contributed by atoms with Gasteiger partial charge in [0.15, 0.2) is 0 Å². The maximum atomic E-state index is 5.10. The van der Waals surface area contributed by atoms with Crippen molar-refractivity contribution in [2.24, 2.45) is 0 Å². The van der Waals surface area contributed by atoms with E-state index in [1.807, 2.05) is 12.3 Å². The Labute approximate surface area is 262 Å². The Kier molecular flexibility index (Phi) is 5.89. The summed E-state index contributed by atoms with van der Waals surface area (Å²) in [5, 5.41) is 7.35. The van der Waals surface area contributed by atoms with Gasteiger partial charge in [-0.15, -0.1) is 0 Å². The predicted molar refractivity (Wildman–Crippen MR) is 190 cm³/mol. The Morgan fingerprint density at radius 3 is 2.04 bits per heavy atom. The lowest BCUT2D eigenvalue weighted by atomic mass is 9.76. The minimum atomic E-state index is 0.416. The SMILES string of the molecule is CC1CC=Cc2c1c(-c1ccc3ccccc3c1)c1ccccc1c2-c1ccc(-c2ccc3ccc4cccnc4c3n2)cc1. The molecule has 1 aliphatic rings. The molecule has 2 heteroatoms. The van der Waals surface area contributed by atoms with Crippen LogP contribution in [-0.4, -0.2) is 9.97 Å². The molecule has 1 unspecified atom stereocenters. The standard InChI is InChI=1S/C43H30N2/c1-27-8-6-14-37-39(27)41(34-22-15-28-9-2-3-10-33(28)26-34)36-13-5-4-12-35(36)40(37)30-18-16-29(17-19-30)38-24-23-32-21-20-31-11-7-25-44-42(31)43(32)45-38/h2-7,9-27H,8H2,1H3. The molecule has 1 atom stereocenters. The molecule has 9 rings (SSSR count). The van der Waals surface area contributed by atoms with Crippen LogP contribution in [0.5, 0.6) is 0 Å². The van der Waals surface area contributed by atoms with Gasteiger partial charge in [0.05, 0.1) is 16.7 Å². The number of hydrogen-bond acceptors (Lipinski definition) is 2. The molecule has 2 heterocycles. The molecule has 0 fully saturated rings. The molecule has 8 aromatic rings. The average molecular weight is 575 g/mol. The minimum Gasteiger partial charge on any atom is -0.254 e. The fourth-order valence-electron chi connectivity index (χ4n) is 7.33. The quantitative estimate of drug-likeness (QED) is 0.196. The van der Waals surface area contributed by atoms with Gasteiger partial charge in [0.2, 0.25) is 0 Å². The average Bonchev–Trinajstić information content (AvgIpc) is 3.10. The molecule has 0 aliphatic heterocycles. The third-order valence-electron chi connectivity index (χ3n) is 9.50. The second kappa shape index (κ2) is 10.2. The summed E-state index contributed by atoms with van der Waals surface area (Å²) in [7, 11) is 0. The maximum Gasteiger partial charge on any atom is 0.0972 e. The van der Waals surface area contributed by atoms with Crippen LogP contribution in [0.15, 0.2) is 140 Å². The van der Waals surface area contributed by atoms with Crippen LogP contribution in [0.3, 0.4) is 0 Å². The fourth-order valence-corrected chi connectivity index (χ4v) is 7.33. The molecule has 45 heavy (non-hydrogen) atoms. The van der Waals surface area contributed by atoms with Crippen molar-refractivity contribution in [2.75, 3.05) is 0 Å². The van der Waals surface area contributed by atoms with Crippen LogP contribution in [0, 0.1) is 0 Å². The van der Waals surface area contributed by atoms with E-state index in [2.05, 4.69) is 145 Å². The second-order valence-corrected chi connectivity index (χ2v) is 12.2. The highest BCUT2D eigenvalue weighted by molar-refractivity contribution is 6.11. The molecule has 0 spiro atoms. The summed E-state index contributed by atoms with van der Waals surface area (Å²) in [4.78, 5) is 9.75. The highest BCUT2D eigenvalue weighted by Gasteiger charge is 2.25. The van der Waals surface area contributed by atoms with Crippen molar-refractivity contribution in [1.82, 2.24) is 9.97 Å². The third kappa shape index (κ3) is 4.17. The number of rotatable bonds is 3. The van der Waals surface area contributed by atoms with Crippen molar-refractivity contribution in [1.29, 1.82) is 0 Å². The zero-order valence-electron chi connectivity index (χ0n) is 25.0. The van der Waals surface area contributed by atoms with Crippen LogP contribution in [0.4, 0.5) is 0 Å². The van der Waals surface area contributed by atoms with Gasteiger partial charge in [0.1, 0.15) is 0 Å². The van der Waals surface area contributed by atoms with Crippen LogP contribution < -0.4 is 0 Å². The Balaban J connectivity index is 1.23. The second-order valence-electron chi connectivity index (χ2n) is 12.2. The molecule has 1 aliphatic carbocycles. The molecular formula is C43H30N2. The first-order valence-electron chi connectivity index (χ1n) is 15.7. The molecule has 2 nitrogen and oxygen atoms in total. The van der Waals surface area contributed by atoms with Crippen molar-refractivity contribution in [3.05, 3.63) is 151 Å². The molecule has 0 bridgehead atoms. The van der Waals surface area contributed by atoms with Crippen molar-refractivity contribution < 1.29 is 0 Å². The van der Waals surface area contributed by atoms with Crippen LogP contribution in [0.25, 0.3) is 82.9 Å². The third-order valence-corrected chi connectivity index (χ3v) is 9.50. The van der Waals surface area contributed by atoms with E-state index in [0.717, 1.165) is 39.5 Å². The van der Waals surface area contributed by atoms with Gasteiger partial charge in [0, 0.05) is 22.5 Å². The predicted octanol–water partition coefficient (Wildman–Crippen LogP) is 11.6. The highest BCUT2D eigenvalue weighted by atomic mass is 14.7. The fraction of sp³-hybridized carbons (Fsp3) is 0.0698. The first-order chi connectivity index (χ1) is 22.2. The normalized spacial score (nSPS) is 14.4.